The largest absolute Gasteiger partial charge is 0.382 e. The number of aromatic nitrogens is 2. The van der Waals surface area contributed by atoms with E-state index in [1.165, 1.54) is 0 Å². The number of methoxy groups -OCH3 is 1. The molecular weight excluding hydrogens is 274 g/mol. The monoisotopic (exact) mass is 291 g/mol. The van der Waals surface area contributed by atoms with Crippen LogP contribution < -0.4 is 5.48 Å². The average molecular weight is 292 g/mol. The summed E-state index contributed by atoms with van der Waals surface area (Å²) in [6.45, 7) is 6.63. The molecule has 1 N–H and O–H groups in total. The summed E-state index contributed by atoms with van der Waals surface area (Å²) < 4.78 is 7.86. The maximum atomic E-state index is 5.20. The van der Waals surface area contributed by atoms with Crippen LogP contribution >= 0.6 is 15.9 Å². The van der Waals surface area contributed by atoms with Crippen molar-refractivity contribution in [3.05, 3.63) is 15.9 Å². The Kier molecular flexibility index (Phi) is 5.97. The van der Waals surface area contributed by atoms with Crippen LogP contribution in [0.1, 0.15) is 18.3 Å². The van der Waals surface area contributed by atoms with Crippen LogP contribution in [0.25, 0.3) is 0 Å². The lowest BCUT2D eigenvalue weighted by Crippen LogP contribution is -2.19. The molecule has 0 aliphatic heterocycles. The van der Waals surface area contributed by atoms with E-state index in [9.17, 15) is 0 Å². The quantitative estimate of drug-likeness (QED) is 0.613. The number of halogens is 1. The molecule has 0 unspecified atom stereocenters. The molecule has 0 fully saturated rings. The Balaban J connectivity index is 2.46. The van der Waals surface area contributed by atoms with Crippen LogP contribution in [0.5, 0.6) is 0 Å². The Morgan fingerprint density at radius 2 is 2.19 bits per heavy atom. The minimum atomic E-state index is 0.535. The Labute approximate surface area is 104 Å². The fourth-order valence-electron chi connectivity index (χ4n) is 1.35. The minimum absolute atomic E-state index is 0.535. The topological polar surface area (TPSA) is 48.3 Å². The van der Waals surface area contributed by atoms with Crippen LogP contribution in [0.3, 0.4) is 0 Å². The van der Waals surface area contributed by atoms with Gasteiger partial charge in [-0.3, -0.25) is 9.52 Å². The second-order valence-electron chi connectivity index (χ2n) is 3.32. The van der Waals surface area contributed by atoms with Crippen LogP contribution in [0, 0.1) is 6.92 Å². The number of rotatable bonds is 7. The van der Waals surface area contributed by atoms with Crippen LogP contribution in [-0.2, 0) is 22.7 Å². The molecule has 0 saturated heterocycles. The summed E-state index contributed by atoms with van der Waals surface area (Å²) in [7, 11) is 1.65. The molecule has 0 radical (unpaired) electrons. The molecule has 0 spiro atoms. The van der Waals surface area contributed by atoms with E-state index in [-0.39, 0.29) is 0 Å². The van der Waals surface area contributed by atoms with Gasteiger partial charge in [-0.25, -0.2) is 0 Å². The van der Waals surface area contributed by atoms with Gasteiger partial charge >= 0.3 is 0 Å². The van der Waals surface area contributed by atoms with E-state index >= 15 is 0 Å². The highest BCUT2D eigenvalue weighted by atomic mass is 79.9. The first kappa shape index (κ1) is 13.6. The third-order valence-electron chi connectivity index (χ3n) is 2.18. The van der Waals surface area contributed by atoms with Crippen molar-refractivity contribution >= 4 is 15.9 Å². The van der Waals surface area contributed by atoms with Crippen molar-refractivity contribution in [2.24, 2.45) is 0 Å². The van der Waals surface area contributed by atoms with Gasteiger partial charge in [-0.1, -0.05) is 0 Å². The van der Waals surface area contributed by atoms with Crippen LogP contribution in [0.4, 0.5) is 0 Å². The van der Waals surface area contributed by atoms with Gasteiger partial charge in [-0.05, 0) is 29.8 Å². The van der Waals surface area contributed by atoms with Crippen molar-refractivity contribution in [2.45, 2.75) is 26.9 Å². The van der Waals surface area contributed by atoms with E-state index in [4.69, 9.17) is 9.57 Å². The van der Waals surface area contributed by atoms with E-state index in [0.29, 0.717) is 19.8 Å². The Morgan fingerprint density at radius 1 is 1.44 bits per heavy atom. The lowest BCUT2D eigenvalue weighted by molar-refractivity contribution is 0.00240. The fourth-order valence-corrected chi connectivity index (χ4v) is 1.78. The van der Waals surface area contributed by atoms with Gasteiger partial charge in [0.05, 0.1) is 35.6 Å². The molecule has 0 aliphatic carbocycles. The van der Waals surface area contributed by atoms with E-state index in [0.717, 1.165) is 22.4 Å². The zero-order valence-corrected chi connectivity index (χ0v) is 11.5. The van der Waals surface area contributed by atoms with Crippen LogP contribution in [-0.4, -0.2) is 30.1 Å². The van der Waals surface area contributed by atoms with E-state index < -0.39 is 0 Å². The number of nitrogens with zero attached hydrogens (tertiary/aromatic N) is 2. The normalized spacial score (nSPS) is 11.0. The van der Waals surface area contributed by atoms with Gasteiger partial charge in [0.2, 0.25) is 0 Å². The summed E-state index contributed by atoms with van der Waals surface area (Å²) in [5.41, 5.74) is 4.99. The molecule has 1 heterocycles. The summed E-state index contributed by atoms with van der Waals surface area (Å²) in [6, 6.07) is 0. The summed E-state index contributed by atoms with van der Waals surface area (Å²) >= 11 is 3.52. The van der Waals surface area contributed by atoms with Crippen molar-refractivity contribution in [1.29, 1.82) is 0 Å². The van der Waals surface area contributed by atoms with Crippen molar-refractivity contribution in [3.8, 4) is 0 Å². The number of hydrogen-bond donors (Lipinski definition) is 1. The average Bonchev–Trinajstić information content (AvgIpc) is 2.56. The smallest absolute Gasteiger partial charge is 0.0916 e. The second-order valence-corrected chi connectivity index (χ2v) is 4.12. The van der Waals surface area contributed by atoms with Crippen molar-refractivity contribution in [3.63, 3.8) is 0 Å². The van der Waals surface area contributed by atoms with Gasteiger partial charge < -0.3 is 4.74 Å². The highest BCUT2D eigenvalue weighted by Crippen LogP contribution is 2.20. The molecule has 1 aromatic heterocycles. The number of hydrogen-bond acceptors (Lipinski definition) is 4. The van der Waals surface area contributed by atoms with E-state index in [1.54, 1.807) is 7.11 Å². The summed E-state index contributed by atoms with van der Waals surface area (Å²) in [5, 5.41) is 4.39. The molecule has 92 valence electrons. The molecule has 0 aliphatic rings. The number of ether oxygens (including phenoxy) is 1. The van der Waals surface area contributed by atoms with Gasteiger partial charge in [-0.2, -0.15) is 10.6 Å². The van der Waals surface area contributed by atoms with Crippen molar-refractivity contribution in [1.82, 2.24) is 15.3 Å². The van der Waals surface area contributed by atoms with Gasteiger partial charge in [0.1, 0.15) is 0 Å². The lowest BCUT2D eigenvalue weighted by Gasteiger charge is -2.07. The molecule has 0 atom stereocenters. The van der Waals surface area contributed by atoms with Crippen LogP contribution in [0.15, 0.2) is 4.47 Å². The first-order valence-corrected chi connectivity index (χ1v) is 6.05. The molecule has 0 aromatic carbocycles. The van der Waals surface area contributed by atoms with Crippen LogP contribution in [0.2, 0.25) is 0 Å². The standard InChI is InChI=1S/C10H18BrN3O2/c1-4-14-9(10(11)8(2)13-14)7-12-16-6-5-15-3/h12H,4-7H2,1-3H3. The number of hydroxylamine groups is 1. The van der Waals surface area contributed by atoms with E-state index in [1.807, 2.05) is 11.6 Å². The van der Waals surface area contributed by atoms with Gasteiger partial charge in [-0.15, -0.1) is 0 Å². The first-order chi connectivity index (χ1) is 7.70. The SMILES string of the molecule is CCn1nc(C)c(Br)c1CNOCCOC. The van der Waals surface area contributed by atoms with Gasteiger partial charge in [0, 0.05) is 13.7 Å². The van der Waals surface area contributed by atoms with Gasteiger partial charge in [0.25, 0.3) is 0 Å². The van der Waals surface area contributed by atoms with Crippen molar-refractivity contribution in [2.75, 3.05) is 20.3 Å². The summed E-state index contributed by atoms with van der Waals surface area (Å²) in [4.78, 5) is 5.20. The zero-order valence-electron chi connectivity index (χ0n) is 9.92. The minimum Gasteiger partial charge on any atom is -0.382 e. The molecular formula is C10H18BrN3O2. The maximum Gasteiger partial charge on any atom is 0.0916 e. The third-order valence-corrected chi connectivity index (χ3v) is 3.22. The molecule has 0 saturated carbocycles. The Hall–Kier alpha value is -0.430. The zero-order chi connectivity index (χ0) is 12.0. The number of nitrogens with one attached hydrogen (secondary N) is 1. The second kappa shape index (κ2) is 7.01. The fraction of sp³-hybridized carbons (Fsp3) is 0.700. The molecule has 0 bridgehead atoms. The van der Waals surface area contributed by atoms with Gasteiger partial charge in [0.15, 0.2) is 0 Å². The van der Waals surface area contributed by atoms with E-state index in [2.05, 4.69) is 33.4 Å². The highest BCUT2D eigenvalue weighted by Gasteiger charge is 2.11. The summed E-state index contributed by atoms with van der Waals surface area (Å²) in [6.07, 6.45) is 0. The predicted molar refractivity (Wildman–Crippen MR) is 65.0 cm³/mol. The lowest BCUT2D eigenvalue weighted by atomic mass is 10.4. The summed E-state index contributed by atoms with van der Waals surface area (Å²) in [5.74, 6) is 0. The molecule has 5 nitrogen and oxygen atoms in total. The Morgan fingerprint density at radius 3 is 2.81 bits per heavy atom. The number of aryl methyl sites for hydroxylation is 2. The molecule has 1 rings (SSSR count). The predicted octanol–water partition coefficient (Wildman–Crippen LogP) is 1.64. The Bertz CT molecular complexity index is 328. The third kappa shape index (κ3) is 3.55. The molecule has 0 amide bonds. The molecule has 1 aromatic rings. The maximum absolute atomic E-state index is 5.20. The highest BCUT2D eigenvalue weighted by molar-refractivity contribution is 9.10. The first-order valence-electron chi connectivity index (χ1n) is 5.26. The molecule has 16 heavy (non-hydrogen) atoms. The molecule has 6 heteroatoms. The van der Waals surface area contributed by atoms with Crippen molar-refractivity contribution < 1.29 is 9.57 Å².